The molecule has 0 radical (unpaired) electrons. The zero-order chi connectivity index (χ0) is 23.2. The van der Waals surface area contributed by atoms with Gasteiger partial charge in [-0.1, -0.05) is 6.07 Å². The zero-order valence-electron chi connectivity index (χ0n) is 18.3. The van der Waals surface area contributed by atoms with Gasteiger partial charge in [0.15, 0.2) is 5.65 Å². The van der Waals surface area contributed by atoms with Gasteiger partial charge in [0.25, 0.3) is 0 Å². The number of halogens is 2. The maximum Gasteiger partial charge on any atom is 0.213 e. The van der Waals surface area contributed by atoms with Gasteiger partial charge < -0.3 is 4.90 Å². The number of rotatable bonds is 4. The number of hydrogen-bond acceptors (Lipinski definition) is 6. The van der Waals surface area contributed by atoms with Crippen molar-refractivity contribution in [3.8, 4) is 16.8 Å². The molecule has 1 unspecified atom stereocenters. The van der Waals surface area contributed by atoms with Crippen LogP contribution in [-0.4, -0.2) is 40.9 Å². The van der Waals surface area contributed by atoms with E-state index in [-0.39, 0.29) is 11.7 Å². The molecule has 5 aromatic heterocycles. The Kier molecular flexibility index (Phi) is 4.79. The van der Waals surface area contributed by atoms with Crippen molar-refractivity contribution in [3.63, 3.8) is 0 Å². The Labute approximate surface area is 193 Å². The van der Waals surface area contributed by atoms with Crippen molar-refractivity contribution in [2.45, 2.75) is 25.8 Å². The maximum atomic E-state index is 14.5. The lowest BCUT2D eigenvalue weighted by atomic mass is 10.1. The number of fused-ring (bicyclic) bond motifs is 1. The SMILES string of the molecule is Cc1ccc(-c2cnn(-c3cnn4ccc(N5CCCC5c5nc(F)ccc5F)nc34)c2)cn1. The molecule has 8 nitrogen and oxygen atoms in total. The molecule has 10 heteroatoms. The smallest absolute Gasteiger partial charge is 0.213 e. The molecule has 6 rings (SSSR count). The third-order valence-electron chi connectivity index (χ3n) is 6.11. The molecular formula is C24H20F2N8. The molecule has 0 bridgehead atoms. The average Bonchev–Trinajstić information content (AvgIpc) is 3.60. The summed E-state index contributed by atoms with van der Waals surface area (Å²) in [7, 11) is 0. The van der Waals surface area contributed by atoms with Crippen molar-refractivity contribution < 1.29 is 8.78 Å². The van der Waals surface area contributed by atoms with Crippen LogP contribution < -0.4 is 4.90 Å². The Morgan fingerprint density at radius 1 is 0.941 bits per heavy atom. The zero-order valence-corrected chi connectivity index (χ0v) is 18.3. The lowest BCUT2D eigenvalue weighted by Gasteiger charge is -2.25. The Bertz CT molecular complexity index is 1490. The number of pyridine rings is 2. The summed E-state index contributed by atoms with van der Waals surface area (Å²) in [5, 5.41) is 8.90. The van der Waals surface area contributed by atoms with Crippen LogP contribution >= 0.6 is 0 Å². The van der Waals surface area contributed by atoms with Gasteiger partial charge in [0, 0.05) is 42.0 Å². The summed E-state index contributed by atoms with van der Waals surface area (Å²) in [6.07, 6.45) is 10.5. The fourth-order valence-electron chi connectivity index (χ4n) is 4.40. The monoisotopic (exact) mass is 458 g/mol. The summed E-state index contributed by atoms with van der Waals surface area (Å²) in [6, 6.07) is 7.56. The van der Waals surface area contributed by atoms with Gasteiger partial charge >= 0.3 is 0 Å². The largest absolute Gasteiger partial charge is 0.348 e. The van der Waals surface area contributed by atoms with Crippen LogP contribution in [-0.2, 0) is 0 Å². The molecular weight excluding hydrogens is 438 g/mol. The molecule has 0 saturated carbocycles. The number of nitrogens with zero attached hydrogens (tertiary/aromatic N) is 8. The minimum Gasteiger partial charge on any atom is -0.348 e. The Morgan fingerprint density at radius 2 is 1.85 bits per heavy atom. The highest BCUT2D eigenvalue weighted by Gasteiger charge is 2.31. The van der Waals surface area contributed by atoms with Gasteiger partial charge in [-0.05, 0) is 44.0 Å². The van der Waals surface area contributed by atoms with E-state index >= 15 is 0 Å². The van der Waals surface area contributed by atoms with E-state index in [9.17, 15) is 8.78 Å². The molecule has 1 atom stereocenters. The molecule has 0 spiro atoms. The van der Waals surface area contributed by atoms with E-state index < -0.39 is 11.8 Å². The van der Waals surface area contributed by atoms with E-state index in [1.807, 2.05) is 42.4 Å². The molecule has 0 aliphatic carbocycles. The van der Waals surface area contributed by atoms with E-state index in [1.54, 1.807) is 27.8 Å². The van der Waals surface area contributed by atoms with E-state index in [0.29, 0.717) is 30.1 Å². The van der Waals surface area contributed by atoms with Gasteiger partial charge in [-0.25, -0.2) is 23.6 Å². The molecule has 0 aromatic carbocycles. The number of aromatic nitrogens is 7. The lowest BCUT2D eigenvalue weighted by molar-refractivity contribution is 0.518. The van der Waals surface area contributed by atoms with E-state index in [4.69, 9.17) is 4.98 Å². The first-order valence-corrected chi connectivity index (χ1v) is 11.0. The Hall–Kier alpha value is -4.21. The van der Waals surface area contributed by atoms with Crippen molar-refractivity contribution in [2.24, 2.45) is 0 Å². The quantitative estimate of drug-likeness (QED) is 0.374. The molecule has 1 aliphatic rings. The van der Waals surface area contributed by atoms with Crippen LogP contribution in [0, 0.1) is 18.7 Å². The Morgan fingerprint density at radius 3 is 2.71 bits per heavy atom. The first-order valence-electron chi connectivity index (χ1n) is 11.0. The first kappa shape index (κ1) is 20.4. The molecule has 1 saturated heterocycles. The second kappa shape index (κ2) is 7.98. The second-order valence-corrected chi connectivity index (χ2v) is 8.30. The highest BCUT2D eigenvalue weighted by molar-refractivity contribution is 5.65. The molecule has 170 valence electrons. The predicted molar refractivity (Wildman–Crippen MR) is 122 cm³/mol. The lowest BCUT2D eigenvalue weighted by Crippen LogP contribution is -2.25. The van der Waals surface area contributed by atoms with Gasteiger partial charge in [0.1, 0.15) is 23.0 Å². The normalized spacial score (nSPS) is 16.0. The molecule has 0 amide bonds. The first-order chi connectivity index (χ1) is 16.6. The third-order valence-corrected chi connectivity index (χ3v) is 6.11. The fraction of sp³-hybridized carbons (Fsp3) is 0.208. The van der Waals surface area contributed by atoms with Crippen molar-refractivity contribution in [3.05, 3.63) is 84.5 Å². The molecule has 0 N–H and O–H groups in total. The molecule has 1 fully saturated rings. The minimum atomic E-state index is -0.692. The van der Waals surface area contributed by atoms with Crippen LogP contribution in [0.4, 0.5) is 14.6 Å². The highest BCUT2D eigenvalue weighted by Crippen LogP contribution is 2.36. The van der Waals surface area contributed by atoms with Crippen molar-refractivity contribution in [1.29, 1.82) is 0 Å². The number of hydrogen-bond donors (Lipinski definition) is 0. The number of anilines is 1. The summed E-state index contributed by atoms with van der Waals surface area (Å²) in [6.45, 7) is 2.61. The van der Waals surface area contributed by atoms with Gasteiger partial charge in [-0.3, -0.25) is 4.98 Å². The molecule has 34 heavy (non-hydrogen) atoms. The van der Waals surface area contributed by atoms with E-state index in [2.05, 4.69) is 20.2 Å². The Balaban J connectivity index is 1.37. The van der Waals surface area contributed by atoms with E-state index in [0.717, 1.165) is 35.4 Å². The van der Waals surface area contributed by atoms with Gasteiger partial charge in [-0.15, -0.1) is 0 Å². The van der Waals surface area contributed by atoms with Gasteiger partial charge in [0.05, 0.1) is 18.4 Å². The van der Waals surface area contributed by atoms with Gasteiger partial charge in [-0.2, -0.15) is 14.6 Å². The summed E-state index contributed by atoms with van der Waals surface area (Å²) < 4.78 is 31.6. The number of aryl methyl sites for hydroxylation is 1. The van der Waals surface area contributed by atoms with Crippen LogP contribution in [0.3, 0.4) is 0 Å². The summed E-state index contributed by atoms with van der Waals surface area (Å²) in [4.78, 5) is 15.0. The maximum absolute atomic E-state index is 14.5. The van der Waals surface area contributed by atoms with Crippen LogP contribution in [0.25, 0.3) is 22.5 Å². The average molecular weight is 458 g/mol. The predicted octanol–water partition coefficient (Wildman–Crippen LogP) is 4.30. The van der Waals surface area contributed by atoms with Crippen molar-refractivity contribution in [1.82, 2.24) is 34.3 Å². The van der Waals surface area contributed by atoms with Gasteiger partial charge in [0.2, 0.25) is 5.95 Å². The second-order valence-electron chi connectivity index (χ2n) is 8.30. The van der Waals surface area contributed by atoms with Crippen LogP contribution in [0.5, 0.6) is 0 Å². The molecule has 6 heterocycles. The van der Waals surface area contributed by atoms with Crippen molar-refractivity contribution >= 4 is 11.5 Å². The molecule has 1 aliphatic heterocycles. The summed E-state index contributed by atoms with van der Waals surface area (Å²) >= 11 is 0. The summed E-state index contributed by atoms with van der Waals surface area (Å²) in [5.74, 6) is -0.556. The fourth-order valence-corrected chi connectivity index (χ4v) is 4.40. The standard InChI is InChI=1S/C24H20F2N8/c1-15-4-5-16(11-27-15)17-12-28-34(14-17)20-13-29-33-10-8-22(31-24(20)33)32-9-2-3-19(32)23-18(25)6-7-21(26)30-23/h4-8,10-14,19H,2-3,9H2,1H3. The minimum absolute atomic E-state index is 0.108. The highest BCUT2D eigenvalue weighted by atomic mass is 19.1. The van der Waals surface area contributed by atoms with Crippen LogP contribution in [0.2, 0.25) is 0 Å². The van der Waals surface area contributed by atoms with Crippen LogP contribution in [0.1, 0.15) is 30.3 Å². The topological polar surface area (TPSA) is 77.0 Å². The summed E-state index contributed by atoms with van der Waals surface area (Å²) in [5.41, 5.74) is 4.26. The third kappa shape index (κ3) is 3.47. The molecule has 5 aromatic rings. The van der Waals surface area contributed by atoms with Crippen molar-refractivity contribution in [2.75, 3.05) is 11.4 Å². The van der Waals surface area contributed by atoms with Crippen LogP contribution in [0.15, 0.2) is 61.3 Å². The van der Waals surface area contributed by atoms with E-state index in [1.165, 1.54) is 0 Å².